The van der Waals surface area contributed by atoms with E-state index >= 15 is 0 Å². The molecular formula is C26H24FN7O5. The van der Waals surface area contributed by atoms with E-state index in [4.69, 9.17) is 4.74 Å². The molecule has 3 aromatic heterocycles. The van der Waals surface area contributed by atoms with Crippen LogP contribution in [0.2, 0.25) is 0 Å². The number of ether oxygens (including phenoxy) is 1. The molecular weight excluding hydrogens is 509 g/mol. The number of benzene rings is 1. The number of nitrogens with zero attached hydrogens (tertiary/aromatic N) is 5. The van der Waals surface area contributed by atoms with Crippen molar-refractivity contribution in [3.8, 4) is 5.75 Å². The number of carbonyl (C=O) groups excluding carboxylic acids is 3. The number of fused-ring (bicyclic) bond motifs is 2. The minimum atomic E-state index is -0.621. The second kappa shape index (κ2) is 10.0. The molecule has 5 rings (SSSR count). The first-order chi connectivity index (χ1) is 18.7. The highest BCUT2D eigenvalue weighted by Crippen LogP contribution is 2.26. The minimum Gasteiger partial charge on any atom is -0.495 e. The molecule has 13 heteroatoms. The molecule has 0 radical (unpaired) electrons. The summed E-state index contributed by atoms with van der Waals surface area (Å²) in [4.78, 5) is 58.1. The van der Waals surface area contributed by atoms with Crippen LogP contribution in [0.15, 0.2) is 53.5 Å². The highest BCUT2D eigenvalue weighted by atomic mass is 19.1. The number of anilines is 2. The molecule has 4 heterocycles. The Morgan fingerprint density at radius 2 is 1.90 bits per heavy atom. The zero-order chi connectivity index (χ0) is 27.8. The summed E-state index contributed by atoms with van der Waals surface area (Å²) in [6.45, 7) is 3.26. The quantitative estimate of drug-likeness (QED) is 0.372. The fraction of sp³-hybridized carbons (Fsp3) is 0.231. The van der Waals surface area contributed by atoms with Crippen LogP contribution in [-0.2, 0) is 17.9 Å². The van der Waals surface area contributed by atoms with Crippen molar-refractivity contribution in [1.82, 2.24) is 24.1 Å². The third kappa shape index (κ3) is 4.69. The summed E-state index contributed by atoms with van der Waals surface area (Å²) in [5.74, 6) is -1.66. The molecule has 0 unspecified atom stereocenters. The second-order valence-electron chi connectivity index (χ2n) is 9.11. The van der Waals surface area contributed by atoms with E-state index in [2.05, 4.69) is 20.7 Å². The Morgan fingerprint density at radius 1 is 1.13 bits per heavy atom. The Kier molecular flexibility index (Phi) is 6.56. The van der Waals surface area contributed by atoms with Gasteiger partial charge in [-0.1, -0.05) is 12.1 Å². The maximum absolute atomic E-state index is 13.4. The molecule has 12 nitrogen and oxygen atoms in total. The molecule has 39 heavy (non-hydrogen) atoms. The lowest BCUT2D eigenvalue weighted by atomic mass is 10.2. The molecule has 0 atom stereocenters. The van der Waals surface area contributed by atoms with Crippen molar-refractivity contribution >= 4 is 34.9 Å². The van der Waals surface area contributed by atoms with Crippen molar-refractivity contribution in [2.24, 2.45) is 0 Å². The summed E-state index contributed by atoms with van der Waals surface area (Å²) in [6.07, 6.45) is 0.957. The highest BCUT2D eigenvalue weighted by Gasteiger charge is 2.36. The molecule has 2 N–H and O–H groups in total. The second-order valence-corrected chi connectivity index (χ2v) is 9.11. The van der Waals surface area contributed by atoms with Gasteiger partial charge in [0.15, 0.2) is 5.69 Å². The molecule has 0 saturated carbocycles. The molecule has 4 aromatic rings. The molecule has 1 aromatic carbocycles. The van der Waals surface area contributed by atoms with E-state index in [0.717, 1.165) is 16.8 Å². The van der Waals surface area contributed by atoms with Gasteiger partial charge < -0.3 is 24.8 Å². The lowest BCUT2D eigenvalue weighted by Crippen LogP contribution is -2.32. The van der Waals surface area contributed by atoms with Crippen LogP contribution in [0.25, 0.3) is 5.65 Å². The summed E-state index contributed by atoms with van der Waals surface area (Å²) in [6, 6.07) is 10.4. The summed E-state index contributed by atoms with van der Waals surface area (Å²) in [7, 11) is 1.47. The Hall–Kier alpha value is -5.07. The summed E-state index contributed by atoms with van der Waals surface area (Å²) in [5.41, 5.74) is 0.00130. The lowest BCUT2D eigenvalue weighted by Gasteiger charge is -2.20. The van der Waals surface area contributed by atoms with Crippen LogP contribution in [0.3, 0.4) is 0 Å². The number of hydrogen-bond donors (Lipinski definition) is 2. The van der Waals surface area contributed by atoms with Crippen LogP contribution in [0.1, 0.15) is 40.4 Å². The zero-order valence-corrected chi connectivity index (χ0v) is 21.3. The van der Waals surface area contributed by atoms with Crippen molar-refractivity contribution in [3.63, 3.8) is 0 Å². The van der Waals surface area contributed by atoms with Crippen molar-refractivity contribution in [1.29, 1.82) is 0 Å². The molecule has 0 spiro atoms. The van der Waals surface area contributed by atoms with Crippen LogP contribution < -0.4 is 20.9 Å². The topological polar surface area (TPSA) is 140 Å². The van der Waals surface area contributed by atoms with Gasteiger partial charge >= 0.3 is 0 Å². The summed E-state index contributed by atoms with van der Waals surface area (Å²) < 4.78 is 20.9. The van der Waals surface area contributed by atoms with Crippen molar-refractivity contribution in [3.05, 3.63) is 81.8 Å². The van der Waals surface area contributed by atoms with E-state index in [-0.39, 0.29) is 41.0 Å². The standard InChI is InChI=1S/C26H24FN7O5/c1-14(2)32-12-16-23(26(32)38)33(13-21(35)30-20-9-8-15(27)11-28-20)22-10-18(31-34(22)25(16)37)24(36)29-17-6-4-5-7-19(17)39-3/h4-11,14H,12-13H2,1-3H3,(H,29,36)(H,28,30,35). The average Bonchev–Trinajstić information content (AvgIpc) is 3.51. The molecule has 1 aliphatic heterocycles. The van der Waals surface area contributed by atoms with Crippen molar-refractivity contribution in [2.75, 3.05) is 17.7 Å². The summed E-state index contributed by atoms with van der Waals surface area (Å²) in [5, 5.41) is 9.46. The predicted molar refractivity (Wildman–Crippen MR) is 138 cm³/mol. The molecule has 0 fully saturated rings. The number of pyridine rings is 1. The van der Waals surface area contributed by atoms with E-state index in [9.17, 15) is 23.6 Å². The van der Waals surface area contributed by atoms with E-state index in [1.165, 1.54) is 28.7 Å². The van der Waals surface area contributed by atoms with Crippen molar-refractivity contribution in [2.45, 2.75) is 33.0 Å². The van der Waals surface area contributed by atoms with Crippen LogP contribution in [0.4, 0.5) is 15.9 Å². The number of methoxy groups -OCH3 is 1. The van der Waals surface area contributed by atoms with Crippen LogP contribution in [0, 0.1) is 5.82 Å². The predicted octanol–water partition coefficient (Wildman–Crippen LogP) is 2.29. The van der Waals surface area contributed by atoms with Crippen LogP contribution in [-0.4, -0.2) is 54.9 Å². The largest absolute Gasteiger partial charge is 0.495 e. The fourth-order valence-corrected chi connectivity index (χ4v) is 4.38. The third-order valence-corrected chi connectivity index (χ3v) is 6.27. The number of carbonyl (C=O) groups is 3. The number of nitrogens with one attached hydrogen (secondary N) is 2. The smallest absolute Gasteiger partial charge is 0.280 e. The van der Waals surface area contributed by atoms with Gasteiger partial charge in [0.25, 0.3) is 17.4 Å². The van der Waals surface area contributed by atoms with Gasteiger partial charge in [-0.15, -0.1) is 0 Å². The monoisotopic (exact) mass is 533 g/mol. The molecule has 0 aliphatic carbocycles. The average molecular weight is 534 g/mol. The summed E-state index contributed by atoms with van der Waals surface area (Å²) >= 11 is 0. The molecule has 3 amide bonds. The number of halogens is 1. The first-order valence-corrected chi connectivity index (χ1v) is 12.0. The number of aromatic nitrogens is 4. The Morgan fingerprint density at radius 3 is 2.59 bits per heavy atom. The molecule has 0 bridgehead atoms. The number of amides is 3. The van der Waals surface area contributed by atoms with Gasteiger partial charge in [0, 0.05) is 12.1 Å². The normalized spacial score (nSPS) is 12.6. The van der Waals surface area contributed by atoms with Crippen molar-refractivity contribution < 1.29 is 23.5 Å². The van der Waals surface area contributed by atoms with Gasteiger partial charge in [-0.3, -0.25) is 19.2 Å². The minimum absolute atomic E-state index is 0.0321. The first-order valence-electron chi connectivity index (χ1n) is 12.0. The SMILES string of the molecule is COc1ccccc1NC(=O)c1cc2n(CC(=O)Nc3ccc(F)cn3)c3c(c(=O)n2n1)CN(C(C)C)C3=O. The fourth-order valence-electron chi connectivity index (χ4n) is 4.38. The molecule has 200 valence electrons. The maximum Gasteiger partial charge on any atom is 0.280 e. The Balaban J connectivity index is 1.57. The van der Waals surface area contributed by atoms with E-state index < -0.39 is 35.6 Å². The Bertz CT molecular complexity index is 1680. The van der Waals surface area contributed by atoms with Gasteiger partial charge in [0.2, 0.25) is 5.91 Å². The van der Waals surface area contributed by atoms with Crippen LogP contribution >= 0.6 is 0 Å². The maximum atomic E-state index is 13.4. The first kappa shape index (κ1) is 25.6. The number of rotatable bonds is 7. The number of para-hydroxylation sites is 2. The van der Waals surface area contributed by atoms with E-state index in [0.29, 0.717) is 11.4 Å². The lowest BCUT2D eigenvalue weighted by molar-refractivity contribution is -0.116. The number of hydrogen-bond acceptors (Lipinski definition) is 7. The van der Waals surface area contributed by atoms with Crippen LogP contribution in [0.5, 0.6) is 5.75 Å². The van der Waals surface area contributed by atoms with Gasteiger partial charge in [0.05, 0.1) is 31.1 Å². The molecule has 1 aliphatic rings. The van der Waals surface area contributed by atoms with Gasteiger partial charge in [0.1, 0.15) is 35.3 Å². The Labute approximate surface area is 221 Å². The van der Waals surface area contributed by atoms with Gasteiger partial charge in [-0.25, -0.2) is 9.37 Å². The van der Waals surface area contributed by atoms with Gasteiger partial charge in [-0.05, 0) is 38.1 Å². The molecule has 0 saturated heterocycles. The highest BCUT2D eigenvalue weighted by molar-refractivity contribution is 6.04. The van der Waals surface area contributed by atoms with E-state index in [1.807, 2.05) is 13.8 Å². The third-order valence-electron chi connectivity index (χ3n) is 6.27. The zero-order valence-electron chi connectivity index (χ0n) is 21.3. The van der Waals surface area contributed by atoms with E-state index in [1.54, 1.807) is 24.3 Å². The van der Waals surface area contributed by atoms with Gasteiger partial charge in [-0.2, -0.15) is 9.61 Å².